The van der Waals surface area contributed by atoms with Gasteiger partial charge < -0.3 is 5.32 Å². The first-order valence-corrected chi connectivity index (χ1v) is 7.94. The summed E-state index contributed by atoms with van der Waals surface area (Å²) in [5, 5.41) is 9.09. The van der Waals surface area contributed by atoms with Crippen LogP contribution < -0.4 is 5.32 Å². The molecule has 0 bridgehead atoms. The average Bonchev–Trinajstić information content (AvgIpc) is 3.14. The summed E-state index contributed by atoms with van der Waals surface area (Å²) < 4.78 is 40.1. The molecule has 1 aromatic heterocycles. The monoisotopic (exact) mass is 359 g/mol. The Balaban J connectivity index is 1.74. The van der Waals surface area contributed by atoms with Gasteiger partial charge in [0.1, 0.15) is 0 Å². The molecule has 4 nitrogen and oxygen atoms in total. The number of nitrogens with one attached hydrogen (secondary N) is 2. The van der Waals surface area contributed by atoms with E-state index < -0.39 is 24.4 Å². The molecule has 0 aliphatic heterocycles. The fourth-order valence-corrected chi connectivity index (χ4v) is 2.69. The van der Waals surface area contributed by atoms with Crippen LogP contribution in [0.25, 0.3) is 11.1 Å². The molecule has 0 radical (unpaired) electrons. The van der Waals surface area contributed by atoms with Crippen LogP contribution in [0, 0.1) is 0 Å². The highest BCUT2D eigenvalue weighted by atomic mass is 19.4. The van der Waals surface area contributed by atoms with Gasteiger partial charge in [0.15, 0.2) is 0 Å². The number of benzene rings is 2. The van der Waals surface area contributed by atoms with Crippen molar-refractivity contribution in [3.8, 4) is 11.1 Å². The van der Waals surface area contributed by atoms with Crippen molar-refractivity contribution in [2.75, 3.05) is 5.32 Å². The van der Waals surface area contributed by atoms with Gasteiger partial charge in [0, 0.05) is 23.9 Å². The van der Waals surface area contributed by atoms with E-state index in [1.807, 2.05) is 6.07 Å². The molecule has 2 aromatic carbocycles. The van der Waals surface area contributed by atoms with Gasteiger partial charge in [-0.05, 0) is 23.3 Å². The molecule has 0 aliphatic rings. The largest absolute Gasteiger partial charge is 0.396 e. The van der Waals surface area contributed by atoms with Crippen LogP contribution in [0.5, 0.6) is 0 Å². The topological polar surface area (TPSA) is 57.8 Å². The van der Waals surface area contributed by atoms with Gasteiger partial charge in [-0.15, -0.1) is 0 Å². The lowest BCUT2D eigenvalue weighted by atomic mass is 9.94. The third-order valence-corrected chi connectivity index (χ3v) is 3.96. The SMILES string of the molecule is O=C(C[C@H](c1ccccc1)C(F)(F)F)Nc1cccc(-c2cn[nH]c2)c1. The fraction of sp³-hybridized carbons (Fsp3) is 0.158. The van der Waals surface area contributed by atoms with Gasteiger partial charge in [-0.1, -0.05) is 42.5 Å². The van der Waals surface area contributed by atoms with Gasteiger partial charge in [-0.25, -0.2) is 0 Å². The Hall–Kier alpha value is -3.09. The molecule has 1 atom stereocenters. The number of carbonyl (C=O) groups is 1. The number of halogens is 3. The molecule has 7 heteroatoms. The Bertz CT molecular complexity index is 861. The second-order valence-corrected chi connectivity index (χ2v) is 5.82. The Morgan fingerprint density at radius 3 is 2.50 bits per heavy atom. The van der Waals surface area contributed by atoms with Crippen molar-refractivity contribution < 1.29 is 18.0 Å². The van der Waals surface area contributed by atoms with E-state index >= 15 is 0 Å². The lowest BCUT2D eigenvalue weighted by Gasteiger charge is -2.20. The van der Waals surface area contributed by atoms with Crippen LogP contribution in [0.2, 0.25) is 0 Å². The van der Waals surface area contributed by atoms with E-state index in [1.165, 1.54) is 24.3 Å². The first-order valence-electron chi connectivity index (χ1n) is 7.94. The smallest absolute Gasteiger partial charge is 0.326 e. The van der Waals surface area contributed by atoms with Crippen molar-refractivity contribution in [2.45, 2.75) is 18.5 Å². The Morgan fingerprint density at radius 2 is 1.85 bits per heavy atom. The summed E-state index contributed by atoms with van der Waals surface area (Å²) in [6.07, 6.45) is -1.87. The maximum atomic E-state index is 13.4. The molecule has 0 saturated carbocycles. The van der Waals surface area contributed by atoms with Crippen LogP contribution in [-0.2, 0) is 4.79 Å². The molecule has 0 spiro atoms. The lowest BCUT2D eigenvalue weighted by Crippen LogP contribution is -2.26. The molecule has 3 rings (SSSR count). The van der Waals surface area contributed by atoms with Crippen molar-refractivity contribution in [3.05, 3.63) is 72.6 Å². The first-order chi connectivity index (χ1) is 12.4. The van der Waals surface area contributed by atoms with E-state index in [0.717, 1.165) is 11.1 Å². The van der Waals surface area contributed by atoms with Gasteiger partial charge in [0.2, 0.25) is 5.91 Å². The summed E-state index contributed by atoms with van der Waals surface area (Å²) in [4.78, 5) is 12.2. The predicted octanol–water partition coefficient (Wildman–Crippen LogP) is 4.75. The molecule has 134 valence electrons. The Labute approximate surface area is 148 Å². The van der Waals surface area contributed by atoms with E-state index in [0.29, 0.717) is 5.69 Å². The van der Waals surface area contributed by atoms with Crippen molar-refractivity contribution >= 4 is 11.6 Å². The number of rotatable bonds is 5. The van der Waals surface area contributed by atoms with Gasteiger partial charge in [0.25, 0.3) is 0 Å². The minimum atomic E-state index is -4.50. The maximum Gasteiger partial charge on any atom is 0.396 e. The number of nitrogens with zero attached hydrogens (tertiary/aromatic N) is 1. The Kier molecular flexibility index (Phi) is 5.06. The summed E-state index contributed by atoms with van der Waals surface area (Å²) >= 11 is 0. The van der Waals surface area contributed by atoms with Gasteiger partial charge in [0.05, 0.1) is 12.1 Å². The summed E-state index contributed by atoms with van der Waals surface area (Å²) in [7, 11) is 0. The van der Waals surface area contributed by atoms with Gasteiger partial charge in [-0.2, -0.15) is 18.3 Å². The first kappa shape index (κ1) is 17.7. The fourth-order valence-electron chi connectivity index (χ4n) is 2.69. The van der Waals surface area contributed by atoms with E-state index in [4.69, 9.17) is 0 Å². The van der Waals surface area contributed by atoms with Crippen LogP contribution in [0.3, 0.4) is 0 Å². The minimum Gasteiger partial charge on any atom is -0.326 e. The van der Waals surface area contributed by atoms with Gasteiger partial charge in [-0.3, -0.25) is 9.89 Å². The van der Waals surface area contributed by atoms with Crippen LogP contribution in [-0.4, -0.2) is 22.3 Å². The molecule has 1 heterocycles. The number of carbonyl (C=O) groups excluding carboxylic acids is 1. The van der Waals surface area contributed by atoms with Crippen LogP contribution in [0.15, 0.2) is 67.0 Å². The zero-order valence-electron chi connectivity index (χ0n) is 13.6. The summed E-state index contributed by atoms with van der Waals surface area (Å²) in [6.45, 7) is 0. The van der Waals surface area contributed by atoms with Crippen molar-refractivity contribution in [3.63, 3.8) is 0 Å². The van der Waals surface area contributed by atoms with Crippen LogP contribution >= 0.6 is 0 Å². The highest BCUT2D eigenvalue weighted by molar-refractivity contribution is 5.92. The molecule has 0 saturated heterocycles. The van der Waals surface area contributed by atoms with Crippen LogP contribution in [0.1, 0.15) is 17.9 Å². The van der Waals surface area contributed by atoms with Crippen molar-refractivity contribution in [1.82, 2.24) is 10.2 Å². The van der Waals surface area contributed by atoms with Crippen LogP contribution in [0.4, 0.5) is 18.9 Å². The standard InChI is InChI=1S/C19H16F3N3O/c20-19(21,22)17(13-5-2-1-3-6-13)10-18(26)25-16-8-4-7-14(9-16)15-11-23-24-12-15/h1-9,11-12,17H,10H2,(H,23,24)(H,25,26)/t17-/m1/s1. The number of hydrogen-bond acceptors (Lipinski definition) is 2. The predicted molar refractivity (Wildman–Crippen MR) is 92.5 cm³/mol. The van der Waals surface area contributed by atoms with Crippen molar-refractivity contribution in [2.24, 2.45) is 0 Å². The second-order valence-electron chi connectivity index (χ2n) is 5.82. The van der Waals surface area contributed by atoms with Crippen molar-refractivity contribution in [1.29, 1.82) is 0 Å². The average molecular weight is 359 g/mol. The number of aromatic nitrogens is 2. The number of alkyl halides is 3. The van der Waals surface area contributed by atoms with E-state index in [2.05, 4.69) is 15.5 Å². The van der Waals surface area contributed by atoms with E-state index in [1.54, 1.807) is 36.7 Å². The molecule has 1 amide bonds. The Morgan fingerprint density at radius 1 is 1.08 bits per heavy atom. The number of aromatic amines is 1. The minimum absolute atomic E-state index is 0.0716. The lowest BCUT2D eigenvalue weighted by molar-refractivity contribution is -0.155. The molecule has 0 aliphatic carbocycles. The highest BCUT2D eigenvalue weighted by Gasteiger charge is 2.41. The third-order valence-electron chi connectivity index (χ3n) is 3.96. The normalized spacial score (nSPS) is 12.6. The zero-order valence-corrected chi connectivity index (χ0v) is 13.6. The molecule has 26 heavy (non-hydrogen) atoms. The molecular formula is C19H16F3N3O. The van der Waals surface area contributed by atoms with Gasteiger partial charge >= 0.3 is 6.18 Å². The summed E-state index contributed by atoms with van der Waals surface area (Å²) in [5.41, 5.74) is 2.12. The number of hydrogen-bond donors (Lipinski definition) is 2. The molecule has 0 fully saturated rings. The maximum absolute atomic E-state index is 13.4. The third kappa shape index (κ3) is 4.30. The number of amides is 1. The highest BCUT2D eigenvalue weighted by Crippen LogP contribution is 2.37. The van der Waals surface area contributed by atoms with E-state index in [9.17, 15) is 18.0 Å². The summed E-state index contributed by atoms with van der Waals surface area (Å²) in [5.74, 6) is -2.54. The summed E-state index contributed by atoms with van der Waals surface area (Å²) in [6, 6.07) is 14.3. The second kappa shape index (κ2) is 7.43. The molecule has 2 N–H and O–H groups in total. The van der Waals surface area contributed by atoms with E-state index in [-0.39, 0.29) is 5.56 Å². The molecule has 0 unspecified atom stereocenters. The number of H-pyrrole nitrogens is 1. The zero-order chi connectivity index (χ0) is 18.6. The molecular weight excluding hydrogens is 343 g/mol. The molecule has 3 aromatic rings. The quantitative estimate of drug-likeness (QED) is 0.691. The number of anilines is 1.